The number of aromatic hydroxyl groups is 3. The van der Waals surface area contributed by atoms with Crippen molar-refractivity contribution in [3.63, 3.8) is 0 Å². The van der Waals surface area contributed by atoms with E-state index in [1.807, 2.05) is 92.7 Å². The SMILES string of the molecule is CC(C)(C)[CH]=[W]=[N]c1c(Cl)cccc1Cl.CC(C)(C)[CH]=[W]=[N]c1c(Cl)cccc1Cl.CC(C)c1cc(C(C)C)c(-c2cccc(-c3c(C(C)C)cc(C(C)C)cc3C(C)C)c2O)c(C(C)C)c1.CC(C)c1cccc(C(C)C)c1[N]=[Mo]=[CH]C(C)(C)c1ccccc1.Cc1c(Br)cc2c(c1[C@@H]1CCCc3cc(Br)cc(O)c31)CCCC2.Cc1cc(C(C)(C)C)c(O)c(C(C)(C)C)c1.Cc1ccc(C)[n-]1.c1cc[n-]c1.c1cc[n-]c1. The third-order valence-corrected chi connectivity index (χ3v) is 38.4. The van der Waals surface area contributed by atoms with Gasteiger partial charge in [0.2, 0.25) is 0 Å². The fourth-order valence-corrected chi connectivity index (χ4v) is 27.0. The predicted octanol–water partition coefficient (Wildman–Crippen LogP) is 41.0. The van der Waals surface area contributed by atoms with Gasteiger partial charge in [-0.05, 0) is 207 Å². The molecule has 2 aliphatic rings. The van der Waals surface area contributed by atoms with Crippen LogP contribution in [-0.2, 0) is 89.3 Å². The zero-order valence-corrected chi connectivity index (χ0v) is 109. The van der Waals surface area contributed by atoms with Gasteiger partial charge in [-0.3, -0.25) is 0 Å². The summed E-state index contributed by atoms with van der Waals surface area (Å²) in [5, 5.41) is 35.7. The van der Waals surface area contributed by atoms with Crippen LogP contribution in [0.4, 0.5) is 17.1 Å². The van der Waals surface area contributed by atoms with E-state index in [-0.39, 0.29) is 27.1 Å². The smallest absolute Gasteiger partial charge is 0.123 e. The van der Waals surface area contributed by atoms with Crippen molar-refractivity contribution >= 4 is 109 Å². The van der Waals surface area contributed by atoms with E-state index in [4.69, 9.17) is 49.9 Å². The number of hydrogen-bond donors (Lipinski definition) is 3. The van der Waals surface area contributed by atoms with E-state index in [2.05, 4.69) is 404 Å². The molecule has 0 aliphatic heterocycles. The number of phenolic OH excluding ortho intramolecular Hbond substituents is 3. The third kappa shape index (κ3) is 39.0. The average molecular weight is 2630 g/mol. The topological polar surface area (TPSA) is 140 Å². The monoisotopic (exact) mass is 2620 g/mol. The first-order chi connectivity index (χ1) is 69.3. The Morgan fingerprint density at radius 2 is 0.784 bits per heavy atom. The van der Waals surface area contributed by atoms with Crippen LogP contribution in [0.25, 0.3) is 22.3 Å². The summed E-state index contributed by atoms with van der Waals surface area (Å²) in [5.74, 6) is 5.03. The minimum absolute atomic E-state index is 0.0178. The predicted molar refractivity (Wildman–Crippen MR) is 639 cm³/mol. The molecule has 3 heterocycles. The van der Waals surface area contributed by atoms with Crippen LogP contribution in [-0.4, -0.2) is 28.5 Å². The van der Waals surface area contributed by atoms with Crippen LogP contribution in [0.3, 0.4) is 0 Å². The van der Waals surface area contributed by atoms with Gasteiger partial charge in [-0.15, -0.1) is 0 Å². The van der Waals surface area contributed by atoms with Crippen molar-refractivity contribution in [2.45, 2.75) is 350 Å². The maximum absolute atomic E-state index is 12.1. The number of halogens is 6. The Morgan fingerprint density at radius 3 is 1.14 bits per heavy atom. The molecule has 0 unspecified atom stereocenters. The van der Waals surface area contributed by atoms with Gasteiger partial charge in [-0.25, -0.2) is 0 Å². The summed E-state index contributed by atoms with van der Waals surface area (Å²) in [5.41, 5.74) is 33.7. The molecule has 13 aromatic rings. The number of aromatic nitrogens is 3. The summed E-state index contributed by atoms with van der Waals surface area (Å²) < 4.78 is 23.5. The van der Waals surface area contributed by atoms with Crippen molar-refractivity contribution in [3.05, 3.63) is 359 Å². The number of benzene rings is 10. The van der Waals surface area contributed by atoms with Gasteiger partial charge in [-0.1, -0.05) is 267 Å². The van der Waals surface area contributed by atoms with Gasteiger partial charge in [0, 0.05) is 31.6 Å². The van der Waals surface area contributed by atoms with Gasteiger partial charge < -0.3 is 30.3 Å². The Bertz CT molecular complexity index is 6250. The Kier molecular flexibility index (Phi) is 51.1. The summed E-state index contributed by atoms with van der Waals surface area (Å²) >= 11 is 29.1. The summed E-state index contributed by atoms with van der Waals surface area (Å²) in [7, 11) is 0. The molecule has 0 saturated heterocycles. The van der Waals surface area contributed by atoms with Gasteiger partial charge in [0.1, 0.15) is 17.2 Å². The van der Waals surface area contributed by atoms with Crippen LogP contribution < -0.4 is 15.0 Å². The van der Waals surface area contributed by atoms with Crippen LogP contribution in [0.2, 0.25) is 20.1 Å². The Balaban J connectivity index is 0.000000238. The molecule has 0 bridgehead atoms. The van der Waals surface area contributed by atoms with Crippen LogP contribution in [0, 0.1) is 38.5 Å². The average Bonchev–Trinajstić information content (AvgIpc) is 0.774. The number of hydrogen-bond acceptors (Lipinski definition) is 6. The van der Waals surface area contributed by atoms with Crippen molar-refractivity contribution in [2.75, 3.05) is 0 Å². The van der Waals surface area contributed by atoms with Crippen LogP contribution in [0.15, 0.2) is 238 Å². The van der Waals surface area contributed by atoms with Gasteiger partial charge >= 0.3 is 374 Å². The molecule has 10 aromatic carbocycles. The molecule has 0 spiro atoms. The summed E-state index contributed by atoms with van der Waals surface area (Å²) in [6.07, 6.45) is 15.3. The van der Waals surface area contributed by atoms with Crippen LogP contribution in [0.1, 0.15) is 398 Å². The molecular formula is C130H167Br2Cl4MoN6O3W2-3. The van der Waals surface area contributed by atoms with Crippen molar-refractivity contribution in [3.8, 4) is 39.5 Å². The molecule has 9 nitrogen and oxygen atoms in total. The first kappa shape index (κ1) is 128. The minimum atomic E-state index is -0.850. The van der Waals surface area contributed by atoms with Gasteiger partial charge in [-0.2, -0.15) is 36.2 Å². The number of rotatable bonds is 16. The van der Waals surface area contributed by atoms with E-state index in [0.29, 0.717) is 90.6 Å². The molecule has 0 radical (unpaired) electrons. The zero-order valence-electron chi connectivity index (χ0n) is 94.7. The second-order valence-corrected chi connectivity index (χ2v) is 55.5. The van der Waals surface area contributed by atoms with E-state index in [1.54, 1.807) is 30.4 Å². The molecule has 15 rings (SSSR count). The first-order valence-corrected chi connectivity index (χ1v) is 63.6. The van der Waals surface area contributed by atoms with E-state index in [9.17, 15) is 15.3 Å². The van der Waals surface area contributed by atoms with E-state index in [0.717, 1.165) is 62.3 Å². The van der Waals surface area contributed by atoms with Crippen molar-refractivity contribution in [2.24, 2.45) is 21.3 Å². The quantitative estimate of drug-likeness (QED) is 0.0823. The number of para-hydroxylation sites is 1. The van der Waals surface area contributed by atoms with Crippen LogP contribution in [0.5, 0.6) is 17.2 Å². The third-order valence-electron chi connectivity index (χ3n) is 25.6. The number of aryl methyl sites for hydroxylation is 5. The fourth-order valence-electron chi connectivity index (χ4n) is 17.6. The molecule has 18 heteroatoms. The van der Waals surface area contributed by atoms with E-state index >= 15 is 0 Å². The first-order valence-electron chi connectivity index (χ1n) is 52.4. The maximum Gasteiger partial charge on any atom is 0.123 e. The molecule has 148 heavy (non-hydrogen) atoms. The molecule has 1 atom stereocenters. The Morgan fingerprint density at radius 1 is 0.399 bits per heavy atom. The van der Waals surface area contributed by atoms with Gasteiger partial charge in [0.05, 0.1) is 0 Å². The largest absolute Gasteiger partial charge is 0.670 e. The molecule has 0 saturated carbocycles. The Hall–Kier alpha value is -7.37. The second kappa shape index (κ2) is 59.4. The van der Waals surface area contributed by atoms with E-state index < -0.39 is 53.8 Å². The van der Waals surface area contributed by atoms with Gasteiger partial charge in [0.25, 0.3) is 0 Å². The number of nitrogens with zero attached hydrogens (tertiary/aromatic N) is 6. The van der Waals surface area contributed by atoms with Gasteiger partial charge in [0.15, 0.2) is 0 Å². The Labute approximate surface area is 953 Å². The molecule has 0 amide bonds. The van der Waals surface area contributed by atoms with Crippen molar-refractivity contribution in [1.29, 1.82) is 0 Å². The second-order valence-electron chi connectivity index (χ2n) is 46.1. The molecule has 0 fully saturated rings. The minimum Gasteiger partial charge on any atom is -0.670 e. The number of phenols is 3. The number of fused-ring (bicyclic) bond motifs is 2. The summed E-state index contributed by atoms with van der Waals surface area (Å²) in [6.45, 7) is 75.0. The molecule has 798 valence electrons. The van der Waals surface area contributed by atoms with E-state index in [1.165, 1.54) is 137 Å². The molecule has 3 N–H and O–H groups in total. The summed E-state index contributed by atoms with van der Waals surface area (Å²) in [6, 6.07) is 66.4. The van der Waals surface area contributed by atoms with Crippen LogP contribution >= 0.6 is 78.3 Å². The standard InChI is InChI=1S/C36H50O.C21H22Br2O.C15H24O.C12H17N.C10H12.2C6H3Cl2N.C6H8N.2C5H10.2C4H4N.Mo.2W/c1-20(2)26-16-30(22(5)6)34(31(17-26)23(7)8)28-14-13-15-29(36(28)37)35-32(24(9)10)18-27(21(3)4)19-33(35)25(11)12;1-12-18(23)10-13-5-2-3-7-16(13)20(12)17-8-4-6-14-9-15(22)11-19(24)21(14)17;1-10-8-11(14(2,3)4)13(16)12(9-10)15(5,6)7;1-8(2)10-6-5-7-11(9(3)4)12(10)13;1-10(2,3)9-7-5-4-6-8-9;2*7-4-2-1-3-5(8)6(4)9;1-5-3-4-6(2)7-5;2*1-5(2,3)4;2*1-2-4-5-3-1;;;/h13-25,37H,1-12H3;9-11,17,24H,2-8H2,1H3;8-9,16H,1-7H3;5-9H,1-4H3;1,4-8H,2-3H3;2*1-3H;3-4H,1-2H3;2*1H,2-4H3;2*1-4H;;;/q;;;;;;;-1;;;2*-1;;;/t;17-;;;;;;;;;;;;;/m.0............./s1. The zero-order chi connectivity index (χ0) is 110. The fraction of sp³-hybridized carbons (Fsp3) is 0.423. The molecule has 3 aromatic heterocycles. The van der Waals surface area contributed by atoms with Crippen molar-refractivity contribution in [1.82, 2.24) is 15.0 Å². The van der Waals surface area contributed by atoms with Crippen molar-refractivity contribution < 1.29 is 69.1 Å². The summed E-state index contributed by atoms with van der Waals surface area (Å²) in [4.78, 5) is 11.6. The maximum atomic E-state index is 12.1. The molecular weight excluding hydrogens is 2460 g/mol. The molecule has 2 aliphatic carbocycles. The normalized spacial score (nSPS) is 12.8.